The number of carbonyl (C=O) groups is 2. The molecule has 1 aliphatic rings. The largest absolute Gasteiger partial charge is 0.462 e. The Morgan fingerprint density at radius 2 is 2.40 bits per heavy atom. The van der Waals surface area contributed by atoms with Crippen molar-refractivity contribution in [3.8, 4) is 0 Å². The predicted octanol–water partition coefficient (Wildman–Crippen LogP) is 0.220. The molecule has 0 saturated carbocycles. The lowest BCUT2D eigenvalue weighted by Crippen LogP contribution is -2.38. The standard InChI is InChI=1S/C10H17NO4/c1-3-10(2,6-11)9(13)15-7-4-8(12)14-5-7/h7H,3-6,11H2,1-2H3. The van der Waals surface area contributed by atoms with Crippen molar-refractivity contribution in [2.45, 2.75) is 32.8 Å². The first-order valence-electron chi connectivity index (χ1n) is 5.08. The number of hydrogen-bond acceptors (Lipinski definition) is 5. The molecule has 1 fully saturated rings. The highest BCUT2D eigenvalue weighted by molar-refractivity contribution is 5.78. The van der Waals surface area contributed by atoms with Gasteiger partial charge in [0.15, 0.2) is 0 Å². The van der Waals surface area contributed by atoms with Crippen LogP contribution in [-0.2, 0) is 19.1 Å². The highest BCUT2D eigenvalue weighted by Crippen LogP contribution is 2.23. The molecule has 5 nitrogen and oxygen atoms in total. The van der Waals surface area contributed by atoms with E-state index in [9.17, 15) is 9.59 Å². The third kappa shape index (κ3) is 2.68. The summed E-state index contributed by atoms with van der Waals surface area (Å²) < 4.78 is 9.86. The van der Waals surface area contributed by atoms with Crippen LogP contribution in [0.25, 0.3) is 0 Å². The van der Waals surface area contributed by atoms with E-state index in [1.165, 1.54) is 0 Å². The Hall–Kier alpha value is -1.10. The fraction of sp³-hybridized carbons (Fsp3) is 0.800. The maximum Gasteiger partial charge on any atom is 0.313 e. The molecule has 5 heteroatoms. The van der Waals surface area contributed by atoms with Crippen LogP contribution in [0.15, 0.2) is 0 Å². The minimum Gasteiger partial charge on any atom is -0.462 e. The van der Waals surface area contributed by atoms with Crippen LogP contribution in [0.1, 0.15) is 26.7 Å². The van der Waals surface area contributed by atoms with Crippen LogP contribution < -0.4 is 5.73 Å². The SMILES string of the molecule is CCC(C)(CN)C(=O)OC1COC(=O)C1. The van der Waals surface area contributed by atoms with Crippen LogP contribution in [0.4, 0.5) is 0 Å². The fourth-order valence-electron chi connectivity index (χ4n) is 1.23. The Morgan fingerprint density at radius 1 is 1.73 bits per heavy atom. The van der Waals surface area contributed by atoms with Crippen LogP contribution in [0.3, 0.4) is 0 Å². The van der Waals surface area contributed by atoms with Crippen LogP contribution in [0.2, 0.25) is 0 Å². The van der Waals surface area contributed by atoms with Crippen molar-refractivity contribution in [1.29, 1.82) is 0 Å². The minimum absolute atomic E-state index is 0.149. The first-order chi connectivity index (χ1) is 7.01. The van der Waals surface area contributed by atoms with Crippen LogP contribution in [0.5, 0.6) is 0 Å². The fourth-order valence-corrected chi connectivity index (χ4v) is 1.23. The maximum absolute atomic E-state index is 11.7. The van der Waals surface area contributed by atoms with Crippen LogP contribution in [0, 0.1) is 5.41 Å². The predicted molar refractivity (Wildman–Crippen MR) is 52.9 cm³/mol. The Kier molecular flexibility index (Phi) is 3.68. The van der Waals surface area contributed by atoms with Gasteiger partial charge in [0, 0.05) is 6.54 Å². The summed E-state index contributed by atoms with van der Waals surface area (Å²) in [5.41, 5.74) is 4.86. The minimum atomic E-state index is -0.661. The summed E-state index contributed by atoms with van der Waals surface area (Å²) in [6.07, 6.45) is 0.322. The van der Waals surface area contributed by atoms with E-state index in [0.29, 0.717) is 6.42 Å². The van der Waals surface area contributed by atoms with Crippen molar-refractivity contribution >= 4 is 11.9 Å². The molecule has 1 rings (SSSR count). The molecule has 1 aliphatic heterocycles. The molecule has 0 bridgehead atoms. The van der Waals surface area contributed by atoms with Crippen molar-refractivity contribution < 1.29 is 19.1 Å². The van der Waals surface area contributed by atoms with E-state index in [-0.39, 0.29) is 31.5 Å². The Labute approximate surface area is 88.9 Å². The van der Waals surface area contributed by atoms with Gasteiger partial charge in [-0.2, -0.15) is 0 Å². The number of ether oxygens (including phenoxy) is 2. The molecule has 1 saturated heterocycles. The second kappa shape index (κ2) is 4.61. The molecule has 0 amide bonds. The molecular formula is C10H17NO4. The van der Waals surface area contributed by atoms with Gasteiger partial charge in [0.1, 0.15) is 12.7 Å². The van der Waals surface area contributed by atoms with Crippen molar-refractivity contribution in [2.75, 3.05) is 13.2 Å². The molecule has 2 unspecified atom stereocenters. The van der Waals surface area contributed by atoms with Gasteiger partial charge in [0.25, 0.3) is 0 Å². The van der Waals surface area contributed by atoms with E-state index >= 15 is 0 Å². The molecule has 0 aromatic carbocycles. The molecule has 0 aliphatic carbocycles. The van der Waals surface area contributed by atoms with Crippen molar-refractivity contribution in [3.63, 3.8) is 0 Å². The van der Waals surface area contributed by atoms with Gasteiger partial charge in [0.05, 0.1) is 11.8 Å². The van der Waals surface area contributed by atoms with E-state index in [4.69, 9.17) is 15.2 Å². The maximum atomic E-state index is 11.7. The number of hydrogen-bond donors (Lipinski definition) is 1. The van der Waals surface area contributed by atoms with E-state index in [1.54, 1.807) is 6.92 Å². The zero-order valence-corrected chi connectivity index (χ0v) is 9.12. The Bertz CT molecular complexity index is 260. The summed E-state index contributed by atoms with van der Waals surface area (Å²) in [6.45, 7) is 4.04. The summed E-state index contributed by atoms with van der Waals surface area (Å²) in [5.74, 6) is -0.672. The molecule has 0 radical (unpaired) electrons. The van der Waals surface area contributed by atoms with Crippen molar-refractivity contribution in [3.05, 3.63) is 0 Å². The Balaban J connectivity index is 2.51. The second-order valence-electron chi connectivity index (χ2n) is 4.03. The topological polar surface area (TPSA) is 78.6 Å². The molecule has 15 heavy (non-hydrogen) atoms. The molecule has 86 valence electrons. The summed E-state index contributed by atoms with van der Waals surface area (Å²) in [7, 11) is 0. The molecular weight excluding hydrogens is 198 g/mol. The average Bonchev–Trinajstić information content (AvgIpc) is 2.62. The van der Waals surface area contributed by atoms with E-state index in [0.717, 1.165) is 0 Å². The first kappa shape index (κ1) is 12.0. The van der Waals surface area contributed by atoms with E-state index in [1.807, 2.05) is 6.92 Å². The van der Waals surface area contributed by atoms with Crippen molar-refractivity contribution in [1.82, 2.24) is 0 Å². The zero-order chi connectivity index (χ0) is 11.5. The van der Waals surface area contributed by atoms with Crippen molar-refractivity contribution in [2.24, 2.45) is 11.1 Å². The number of esters is 2. The van der Waals surface area contributed by atoms with Crippen LogP contribution >= 0.6 is 0 Å². The third-order valence-corrected chi connectivity index (χ3v) is 2.82. The van der Waals surface area contributed by atoms with Gasteiger partial charge in [-0.05, 0) is 13.3 Å². The highest BCUT2D eigenvalue weighted by Gasteiger charge is 2.35. The summed E-state index contributed by atoms with van der Waals surface area (Å²) in [5, 5.41) is 0. The first-order valence-corrected chi connectivity index (χ1v) is 5.08. The summed E-state index contributed by atoms with van der Waals surface area (Å²) in [4.78, 5) is 22.5. The van der Waals surface area contributed by atoms with E-state index < -0.39 is 11.5 Å². The van der Waals surface area contributed by atoms with Gasteiger partial charge in [0.2, 0.25) is 0 Å². The van der Waals surface area contributed by atoms with Gasteiger partial charge in [-0.25, -0.2) is 0 Å². The molecule has 1 heterocycles. The number of nitrogens with two attached hydrogens (primary N) is 1. The van der Waals surface area contributed by atoms with Gasteiger partial charge in [-0.1, -0.05) is 6.92 Å². The molecule has 0 spiro atoms. The smallest absolute Gasteiger partial charge is 0.313 e. The normalized spacial score (nSPS) is 24.5. The molecule has 2 N–H and O–H groups in total. The lowest BCUT2D eigenvalue weighted by atomic mass is 9.88. The van der Waals surface area contributed by atoms with Gasteiger partial charge in [-0.3, -0.25) is 9.59 Å². The lowest BCUT2D eigenvalue weighted by Gasteiger charge is -2.25. The highest BCUT2D eigenvalue weighted by atomic mass is 16.6. The van der Waals surface area contributed by atoms with Gasteiger partial charge < -0.3 is 15.2 Å². The molecule has 2 atom stereocenters. The number of carbonyl (C=O) groups excluding carboxylic acids is 2. The molecule has 0 aromatic rings. The van der Waals surface area contributed by atoms with Gasteiger partial charge >= 0.3 is 11.9 Å². The quantitative estimate of drug-likeness (QED) is 0.679. The molecule has 0 aromatic heterocycles. The van der Waals surface area contributed by atoms with E-state index in [2.05, 4.69) is 0 Å². The Morgan fingerprint density at radius 3 is 2.80 bits per heavy atom. The second-order valence-corrected chi connectivity index (χ2v) is 4.03. The number of rotatable bonds is 4. The van der Waals surface area contributed by atoms with Gasteiger partial charge in [-0.15, -0.1) is 0 Å². The average molecular weight is 215 g/mol. The van der Waals surface area contributed by atoms with Crippen LogP contribution in [-0.4, -0.2) is 31.2 Å². The summed E-state index contributed by atoms with van der Waals surface area (Å²) in [6, 6.07) is 0. The summed E-state index contributed by atoms with van der Waals surface area (Å²) >= 11 is 0. The number of cyclic esters (lactones) is 1. The third-order valence-electron chi connectivity index (χ3n) is 2.82. The monoisotopic (exact) mass is 215 g/mol. The lowest BCUT2D eigenvalue weighted by molar-refractivity contribution is -0.160. The zero-order valence-electron chi connectivity index (χ0n) is 9.12.